The van der Waals surface area contributed by atoms with E-state index < -0.39 is 21.6 Å². The van der Waals surface area contributed by atoms with Crippen LogP contribution in [0.5, 0.6) is 0 Å². The molecule has 21 heavy (non-hydrogen) atoms. The fourth-order valence-electron chi connectivity index (χ4n) is 3.03. The van der Waals surface area contributed by atoms with Gasteiger partial charge in [-0.2, -0.15) is 0 Å². The Kier molecular flexibility index (Phi) is 5.68. The van der Waals surface area contributed by atoms with Crippen molar-refractivity contribution in [1.82, 2.24) is 0 Å². The summed E-state index contributed by atoms with van der Waals surface area (Å²) < 4.78 is 28.1. The van der Waals surface area contributed by atoms with Crippen molar-refractivity contribution in [2.24, 2.45) is 5.92 Å². The summed E-state index contributed by atoms with van der Waals surface area (Å²) in [7, 11) is -1.93. The van der Waals surface area contributed by atoms with E-state index in [4.69, 9.17) is 0 Å². The molecule has 2 rings (SSSR count). The molecule has 0 aliphatic heterocycles. The summed E-state index contributed by atoms with van der Waals surface area (Å²) >= 11 is 0. The van der Waals surface area contributed by atoms with Gasteiger partial charge in [0.1, 0.15) is 0 Å². The zero-order valence-electron chi connectivity index (χ0n) is 12.5. The molecule has 0 saturated heterocycles. The molecule has 1 fully saturated rings. The van der Waals surface area contributed by atoms with Crippen molar-refractivity contribution in [2.45, 2.75) is 61.8 Å². The molecule has 0 amide bonds. The molecule has 1 aromatic carbocycles. The maximum Gasteiger partial charge on any atom is 0.246 e. The van der Waals surface area contributed by atoms with Crippen molar-refractivity contribution >= 4 is 16.6 Å². The summed E-state index contributed by atoms with van der Waals surface area (Å²) in [5.74, 6) is -0.700. The zero-order chi connectivity index (χ0) is 15.3. The highest BCUT2D eigenvalue weighted by Crippen LogP contribution is 2.36. The Morgan fingerprint density at radius 2 is 1.86 bits per heavy atom. The molecule has 0 spiro atoms. The Bertz CT molecular complexity index is 497. The second kappa shape index (κ2) is 7.30. The molecule has 0 heterocycles. The van der Waals surface area contributed by atoms with Crippen molar-refractivity contribution < 1.29 is 13.4 Å². The average molecular weight is 310 g/mol. The molecule has 0 N–H and O–H groups in total. The number of hydrogen-bond donors (Lipinski definition) is 0. The summed E-state index contributed by atoms with van der Waals surface area (Å²) in [6.07, 6.45) is 5.06. The molecule has 0 bridgehead atoms. The van der Waals surface area contributed by atoms with E-state index in [2.05, 4.69) is 0 Å². The molecule has 2 unspecified atom stereocenters. The van der Waals surface area contributed by atoms with Crippen LogP contribution < -0.4 is 0 Å². The fourth-order valence-corrected chi connectivity index (χ4v) is 4.55. The maximum absolute atomic E-state index is 15.4. The third-order valence-corrected chi connectivity index (χ3v) is 5.86. The molecule has 116 valence electrons. The van der Waals surface area contributed by atoms with Gasteiger partial charge in [0.15, 0.2) is 5.78 Å². The molecule has 2 nitrogen and oxygen atoms in total. The molecule has 1 saturated carbocycles. The number of ketones is 1. The average Bonchev–Trinajstić information content (AvgIpc) is 2.55. The summed E-state index contributed by atoms with van der Waals surface area (Å²) in [6.45, 7) is 1.82. The topological polar surface area (TPSA) is 34.1 Å². The van der Waals surface area contributed by atoms with E-state index in [1.165, 1.54) is 0 Å². The predicted molar refractivity (Wildman–Crippen MR) is 83.2 cm³/mol. The van der Waals surface area contributed by atoms with E-state index in [0.29, 0.717) is 11.3 Å². The Morgan fingerprint density at radius 1 is 1.24 bits per heavy atom. The zero-order valence-corrected chi connectivity index (χ0v) is 13.3. The lowest BCUT2D eigenvalue weighted by molar-refractivity contribution is -0.131. The van der Waals surface area contributed by atoms with Gasteiger partial charge < -0.3 is 0 Å². The van der Waals surface area contributed by atoms with Gasteiger partial charge in [-0.25, -0.2) is 4.39 Å². The molecule has 1 aliphatic rings. The quantitative estimate of drug-likeness (QED) is 0.780. The van der Waals surface area contributed by atoms with Crippen LogP contribution in [0.4, 0.5) is 4.39 Å². The molecule has 1 aliphatic carbocycles. The van der Waals surface area contributed by atoms with Gasteiger partial charge in [0.25, 0.3) is 0 Å². The summed E-state index contributed by atoms with van der Waals surface area (Å²) in [4.78, 5) is 13.1. The SMILES string of the molecule is CCCC(F)(C(=O)C1CCCCC1)S(=O)c1ccccc1. The van der Waals surface area contributed by atoms with Crippen LogP contribution in [0, 0.1) is 5.92 Å². The minimum atomic E-state index is -2.24. The van der Waals surface area contributed by atoms with E-state index in [9.17, 15) is 9.00 Å². The number of Topliss-reactive ketones (excluding diaryl/α,β-unsaturated/α-hetero) is 1. The normalized spacial score (nSPS) is 20.7. The van der Waals surface area contributed by atoms with Gasteiger partial charge in [0, 0.05) is 17.2 Å². The first-order valence-electron chi connectivity index (χ1n) is 7.79. The van der Waals surface area contributed by atoms with Crippen LogP contribution >= 0.6 is 0 Å². The van der Waals surface area contributed by atoms with Gasteiger partial charge >= 0.3 is 0 Å². The van der Waals surface area contributed by atoms with E-state index in [0.717, 1.165) is 32.1 Å². The molecular formula is C17H23FO2S. The van der Waals surface area contributed by atoms with Crippen LogP contribution in [0.1, 0.15) is 51.9 Å². The third kappa shape index (κ3) is 3.60. The van der Waals surface area contributed by atoms with Crippen molar-refractivity contribution in [2.75, 3.05) is 0 Å². The van der Waals surface area contributed by atoms with Crippen LogP contribution in [-0.4, -0.2) is 15.0 Å². The lowest BCUT2D eigenvalue weighted by Crippen LogP contribution is -2.43. The van der Waals surface area contributed by atoms with E-state index in [1.54, 1.807) is 30.3 Å². The third-order valence-electron chi connectivity index (χ3n) is 4.17. The molecular weight excluding hydrogens is 287 g/mol. The van der Waals surface area contributed by atoms with Crippen LogP contribution in [0.25, 0.3) is 0 Å². The Hall–Kier alpha value is -1.03. The van der Waals surface area contributed by atoms with Gasteiger partial charge in [-0.05, 0) is 25.0 Å². The number of carbonyl (C=O) groups is 1. The van der Waals surface area contributed by atoms with Crippen molar-refractivity contribution in [3.05, 3.63) is 30.3 Å². The summed E-state index contributed by atoms with van der Waals surface area (Å²) in [5, 5.41) is -2.24. The maximum atomic E-state index is 15.4. The molecule has 0 aromatic heterocycles. The van der Waals surface area contributed by atoms with Crippen LogP contribution in [0.3, 0.4) is 0 Å². The lowest BCUT2D eigenvalue weighted by atomic mass is 9.84. The molecule has 4 heteroatoms. The fraction of sp³-hybridized carbons (Fsp3) is 0.588. The van der Waals surface area contributed by atoms with E-state index >= 15 is 4.39 Å². The monoisotopic (exact) mass is 310 g/mol. The van der Waals surface area contributed by atoms with Crippen molar-refractivity contribution in [1.29, 1.82) is 0 Å². The van der Waals surface area contributed by atoms with Crippen molar-refractivity contribution in [3.63, 3.8) is 0 Å². The minimum absolute atomic E-state index is 0.0316. The Labute approximate surface area is 128 Å². The number of alkyl halides is 1. The number of carbonyl (C=O) groups excluding carboxylic acids is 1. The largest absolute Gasteiger partial charge is 0.295 e. The first kappa shape index (κ1) is 16.3. The molecule has 2 atom stereocenters. The van der Waals surface area contributed by atoms with Gasteiger partial charge in [-0.3, -0.25) is 9.00 Å². The van der Waals surface area contributed by atoms with Gasteiger partial charge in [0.2, 0.25) is 5.00 Å². The minimum Gasteiger partial charge on any atom is -0.295 e. The first-order valence-corrected chi connectivity index (χ1v) is 8.94. The second-order valence-corrected chi connectivity index (χ2v) is 7.42. The highest BCUT2D eigenvalue weighted by atomic mass is 32.2. The Morgan fingerprint density at radius 3 is 2.43 bits per heavy atom. The van der Waals surface area contributed by atoms with E-state index in [-0.39, 0.29) is 12.3 Å². The van der Waals surface area contributed by atoms with Crippen molar-refractivity contribution in [3.8, 4) is 0 Å². The number of hydrogen-bond acceptors (Lipinski definition) is 2. The highest BCUT2D eigenvalue weighted by Gasteiger charge is 2.47. The number of rotatable bonds is 6. The second-order valence-electron chi connectivity index (χ2n) is 5.76. The van der Waals surface area contributed by atoms with Crippen LogP contribution in [-0.2, 0) is 15.6 Å². The standard InChI is InChI=1S/C17H23FO2S/c1-2-13-17(18,16(19)14-9-5-3-6-10-14)21(20)15-11-7-4-8-12-15/h4,7-8,11-12,14H,2-3,5-6,9-10,13H2,1H3. The number of benzene rings is 1. The van der Waals surface area contributed by atoms with Gasteiger partial charge in [0.05, 0.1) is 10.8 Å². The van der Waals surface area contributed by atoms with E-state index in [1.807, 2.05) is 6.92 Å². The smallest absolute Gasteiger partial charge is 0.246 e. The van der Waals surface area contributed by atoms with Crippen LogP contribution in [0.15, 0.2) is 35.2 Å². The molecule has 0 radical (unpaired) electrons. The van der Waals surface area contributed by atoms with Crippen LogP contribution in [0.2, 0.25) is 0 Å². The highest BCUT2D eigenvalue weighted by molar-refractivity contribution is 7.87. The number of halogens is 1. The first-order chi connectivity index (χ1) is 10.1. The lowest BCUT2D eigenvalue weighted by Gasteiger charge is -2.29. The Balaban J connectivity index is 2.26. The predicted octanol–water partition coefficient (Wildman–Crippen LogP) is 4.41. The summed E-state index contributed by atoms with van der Waals surface area (Å²) in [6, 6.07) is 8.52. The van der Waals surface area contributed by atoms with Gasteiger partial charge in [-0.15, -0.1) is 0 Å². The van der Waals surface area contributed by atoms with Gasteiger partial charge in [-0.1, -0.05) is 50.8 Å². The molecule has 1 aromatic rings. The summed E-state index contributed by atoms with van der Waals surface area (Å²) in [5.41, 5.74) is 0.